The van der Waals surface area contributed by atoms with Crippen molar-refractivity contribution in [2.75, 3.05) is 31.5 Å². The van der Waals surface area contributed by atoms with Crippen LogP contribution in [0.1, 0.15) is 12.5 Å². The zero-order valence-corrected chi connectivity index (χ0v) is 16.7. The van der Waals surface area contributed by atoms with Crippen molar-refractivity contribution in [3.8, 4) is 0 Å². The van der Waals surface area contributed by atoms with Gasteiger partial charge in [-0.3, -0.25) is 4.99 Å². The third-order valence-electron chi connectivity index (χ3n) is 4.13. The van der Waals surface area contributed by atoms with E-state index in [0.717, 1.165) is 54.3 Å². The molecule has 3 aromatic rings. The second-order valence-electron chi connectivity index (χ2n) is 6.24. The summed E-state index contributed by atoms with van der Waals surface area (Å²) in [4.78, 5) is 13.3. The number of benzene rings is 1. The molecule has 0 saturated carbocycles. The largest absolute Gasteiger partial charge is 0.368 e. The summed E-state index contributed by atoms with van der Waals surface area (Å²) >= 11 is 5.81. The van der Waals surface area contributed by atoms with Gasteiger partial charge in [0.05, 0.1) is 5.52 Å². The number of nitrogens with one attached hydrogen (secondary N) is 3. The highest BCUT2D eigenvalue weighted by atomic mass is 35.5. The number of anilines is 1. The topological polar surface area (TPSA) is 74.2 Å². The van der Waals surface area contributed by atoms with E-state index in [1.54, 1.807) is 12.3 Å². The van der Waals surface area contributed by atoms with E-state index in [9.17, 15) is 0 Å². The number of halogens is 1. The molecule has 3 rings (SSSR count). The highest BCUT2D eigenvalue weighted by molar-refractivity contribution is 6.29. The van der Waals surface area contributed by atoms with E-state index >= 15 is 0 Å². The van der Waals surface area contributed by atoms with Gasteiger partial charge in [0.15, 0.2) is 5.96 Å². The molecule has 28 heavy (non-hydrogen) atoms. The fourth-order valence-corrected chi connectivity index (χ4v) is 2.84. The lowest BCUT2D eigenvalue weighted by Gasteiger charge is -2.12. The maximum atomic E-state index is 5.81. The predicted molar refractivity (Wildman–Crippen MR) is 117 cm³/mol. The molecule has 2 aromatic heterocycles. The van der Waals surface area contributed by atoms with Crippen LogP contribution in [0.25, 0.3) is 10.9 Å². The van der Waals surface area contributed by atoms with E-state index in [1.807, 2.05) is 30.3 Å². The van der Waals surface area contributed by atoms with Crippen molar-refractivity contribution < 1.29 is 0 Å². The number of nitrogens with zero attached hydrogens (tertiary/aromatic N) is 3. The lowest BCUT2D eigenvalue weighted by Crippen LogP contribution is -2.39. The maximum absolute atomic E-state index is 5.81. The van der Waals surface area contributed by atoms with Crippen molar-refractivity contribution in [2.24, 2.45) is 4.99 Å². The van der Waals surface area contributed by atoms with Crippen molar-refractivity contribution in [1.82, 2.24) is 20.6 Å². The first-order valence-electron chi connectivity index (χ1n) is 9.47. The molecule has 6 nitrogen and oxygen atoms in total. The Morgan fingerprint density at radius 2 is 1.93 bits per heavy atom. The van der Waals surface area contributed by atoms with Crippen molar-refractivity contribution in [3.05, 3.63) is 65.4 Å². The molecule has 146 valence electrons. The lowest BCUT2D eigenvalue weighted by atomic mass is 10.2. The number of para-hydroxylation sites is 1. The molecule has 0 aliphatic rings. The Labute approximate surface area is 170 Å². The first-order chi connectivity index (χ1) is 13.7. The Hall–Kier alpha value is -2.86. The van der Waals surface area contributed by atoms with E-state index in [-0.39, 0.29) is 0 Å². The van der Waals surface area contributed by atoms with Gasteiger partial charge in [-0.05, 0) is 43.2 Å². The second-order valence-corrected chi connectivity index (χ2v) is 6.63. The summed E-state index contributed by atoms with van der Waals surface area (Å²) in [5.74, 6) is 1.68. The summed E-state index contributed by atoms with van der Waals surface area (Å²) in [5, 5.41) is 11.6. The molecule has 0 aliphatic heterocycles. The van der Waals surface area contributed by atoms with Crippen LogP contribution < -0.4 is 16.0 Å². The van der Waals surface area contributed by atoms with Crippen LogP contribution in [-0.2, 0) is 6.42 Å². The Bertz CT molecular complexity index is 910. The van der Waals surface area contributed by atoms with Crippen LogP contribution in [-0.4, -0.2) is 42.1 Å². The van der Waals surface area contributed by atoms with Crippen LogP contribution in [0.2, 0.25) is 5.15 Å². The molecule has 7 heteroatoms. The average molecular weight is 397 g/mol. The number of fused-ring (bicyclic) bond motifs is 1. The van der Waals surface area contributed by atoms with Gasteiger partial charge in [0.1, 0.15) is 11.0 Å². The molecular weight excluding hydrogens is 372 g/mol. The van der Waals surface area contributed by atoms with Crippen LogP contribution >= 0.6 is 11.6 Å². The van der Waals surface area contributed by atoms with Crippen LogP contribution in [0.4, 0.5) is 5.82 Å². The van der Waals surface area contributed by atoms with Crippen molar-refractivity contribution in [3.63, 3.8) is 0 Å². The zero-order valence-electron chi connectivity index (χ0n) is 16.0. The highest BCUT2D eigenvalue weighted by Gasteiger charge is 2.00. The van der Waals surface area contributed by atoms with Crippen LogP contribution in [0.15, 0.2) is 59.7 Å². The summed E-state index contributed by atoms with van der Waals surface area (Å²) in [7, 11) is 0. The fourth-order valence-electron chi connectivity index (χ4n) is 2.73. The zero-order chi connectivity index (χ0) is 19.6. The Morgan fingerprint density at radius 1 is 1.04 bits per heavy atom. The highest BCUT2D eigenvalue weighted by Crippen LogP contribution is 2.14. The minimum absolute atomic E-state index is 0.510. The Morgan fingerprint density at radius 3 is 2.75 bits per heavy atom. The Kier molecular flexibility index (Phi) is 7.44. The quantitative estimate of drug-likeness (QED) is 0.235. The van der Waals surface area contributed by atoms with Gasteiger partial charge in [0.2, 0.25) is 0 Å². The van der Waals surface area contributed by atoms with Crippen LogP contribution in [0.5, 0.6) is 0 Å². The van der Waals surface area contributed by atoms with E-state index < -0.39 is 0 Å². The SMILES string of the molecule is CCNC(=NCCc1ccc(Cl)nc1)NCCNc1ccc2ccccc2n1. The van der Waals surface area contributed by atoms with Gasteiger partial charge in [0, 0.05) is 37.8 Å². The molecule has 0 fully saturated rings. The second kappa shape index (κ2) is 10.5. The van der Waals surface area contributed by atoms with Gasteiger partial charge in [0.25, 0.3) is 0 Å². The van der Waals surface area contributed by atoms with Gasteiger partial charge < -0.3 is 16.0 Å². The molecule has 0 unspecified atom stereocenters. The minimum Gasteiger partial charge on any atom is -0.368 e. The van der Waals surface area contributed by atoms with Gasteiger partial charge in [-0.1, -0.05) is 35.9 Å². The van der Waals surface area contributed by atoms with Gasteiger partial charge >= 0.3 is 0 Å². The Balaban J connectivity index is 1.45. The molecule has 2 heterocycles. The predicted octanol–water partition coefficient (Wildman–Crippen LogP) is 3.49. The van der Waals surface area contributed by atoms with Crippen LogP contribution in [0.3, 0.4) is 0 Å². The van der Waals surface area contributed by atoms with E-state index in [4.69, 9.17) is 11.6 Å². The monoisotopic (exact) mass is 396 g/mol. The maximum Gasteiger partial charge on any atom is 0.191 e. The first-order valence-corrected chi connectivity index (χ1v) is 9.84. The van der Waals surface area contributed by atoms with Crippen molar-refractivity contribution in [2.45, 2.75) is 13.3 Å². The van der Waals surface area contributed by atoms with E-state index in [1.165, 1.54) is 0 Å². The number of rotatable bonds is 8. The standard InChI is InChI=1S/C21H25ClN6/c1-2-23-21(25-12-11-16-7-9-19(22)27-15-16)26-14-13-24-20-10-8-17-5-3-4-6-18(17)28-20/h3-10,15H,2,11-14H2,1H3,(H,24,28)(H2,23,25,26). The summed E-state index contributed by atoms with van der Waals surface area (Å²) < 4.78 is 0. The van der Waals surface area contributed by atoms with Gasteiger partial charge in [-0.25, -0.2) is 9.97 Å². The molecule has 0 radical (unpaired) electrons. The number of pyridine rings is 2. The lowest BCUT2D eigenvalue weighted by molar-refractivity contribution is 0.814. The summed E-state index contributed by atoms with van der Waals surface area (Å²) in [6.45, 7) is 5.03. The van der Waals surface area contributed by atoms with Crippen molar-refractivity contribution in [1.29, 1.82) is 0 Å². The normalized spacial score (nSPS) is 11.4. The third-order valence-corrected chi connectivity index (χ3v) is 4.35. The minimum atomic E-state index is 0.510. The van der Waals surface area contributed by atoms with E-state index in [0.29, 0.717) is 11.7 Å². The average Bonchev–Trinajstić information content (AvgIpc) is 2.72. The molecule has 0 aliphatic carbocycles. The molecular formula is C21H25ClN6. The molecule has 3 N–H and O–H groups in total. The molecule has 1 aromatic carbocycles. The number of aromatic nitrogens is 2. The number of guanidine groups is 1. The first kappa shape index (κ1) is 19.9. The third kappa shape index (κ3) is 6.09. The molecule has 0 atom stereocenters. The molecule has 0 amide bonds. The summed E-state index contributed by atoms with van der Waals surface area (Å²) in [6, 6.07) is 16.0. The van der Waals surface area contributed by atoms with Crippen LogP contribution in [0, 0.1) is 0 Å². The number of hydrogen-bond donors (Lipinski definition) is 3. The van der Waals surface area contributed by atoms with E-state index in [2.05, 4.69) is 50.0 Å². The van der Waals surface area contributed by atoms with Gasteiger partial charge in [-0.15, -0.1) is 0 Å². The number of hydrogen-bond acceptors (Lipinski definition) is 4. The molecule has 0 bridgehead atoms. The van der Waals surface area contributed by atoms with Crippen molar-refractivity contribution >= 4 is 34.3 Å². The number of aliphatic imine (C=N–C) groups is 1. The summed E-state index contributed by atoms with van der Waals surface area (Å²) in [6.07, 6.45) is 2.61. The van der Waals surface area contributed by atoms with Gasteiger partial charge in [-0.2, -0.15) is 0 Å². The summed E-state index contributed by atoms with van der Waals surface area (Å²) in [5.41, 5.74) is 2.11. The molecule has 0 saturated heterocycles. The molecule has 0 spiro atoms. The smallest absolute Gasteiger partial charge is 0.191 e. The fraction of sp³-hybridized carbons (Fsp3) is 0.286.